The average molecular weight is 359 g/mol. The number of nitrogens with one attached hydrogen (secondary N) is 1. The summed E-state index contributed by atoms with van der Waals surface area (Å²) in [7, 11) is 4.57. The van der Waals surface area contributed by atoms with Crippen molar-refractivity contribution in [3.63, 3.8) is 0 Å². The van der Waals surface area contributed by atoms with Gasteiger partial charge < -0.3 is 24.6 Å². The molecule has 0 aromatic heterocycles. The highest BCUT2D eigenvalue weighted by molar-refractivity contribution is 5.87. The second-order valence-electron chi connectivity index (χ2n) is 5.45. The van der Waals surface area contributed by atoms with E-state index in [0.717, 1.165) is 11.1 Å². The largest absolute Gasteiger partial charge is 0.493 e. The van der Waals surface area contributed by atoms with Crippen LogP contribution in [-0.2, 0) is 17.8 Å². The standard InChI is InChI=1S/C19H21NO6/c1-24-15-9-8-14(17(25-2)18(15)26-3)11-20-16(21)10-12-4-6-13(7-5-12)19(22)23/h4-9H,10-11H2,1-3H3,(H,20,21)(H,22,23). The monoisotopic (exact) mass is 359 g/mol. The van der Waals surface area contributed by atoms with Crippen molar-refractivity contribution in [2.75, 3.05) is 21.3 Å². The van der Waals surface area contributed by atoms with Crippen LogP contribution < -0.4 is 19.5 Å². The smallest absolute Gasteiger partial charge is 0.335 e. The number of benzene rings is 2. The maximum Gasteiger partial charge on any atom is 0.335 e. The summed E-state index contributed by atoms with van der Waals surface area (Å²) in [6, 6.07) is 9.74. The van der Waals surface area contributed by atoms with Gasteiger partial charge in [0.1, 0.15) is 0 Å². The Labute approximate surface area is 151 Å². The first kappa shape index (κ1) is 19.1. The van der Waals surface area contributed by atoms with Gasteiger partial charge >= 0.3 is 5.97 Å². The van der Waals surface area contributed by atoms with Gasteiger partial charge in [-0.1, -0.05) is 12.1 Å². The van der Waals surface area contributed by atoms with Crippen molar-refractivity contribution in [1.82, 2.24) is 5.32 Å². The number of amides is 1. The van der Waals surface area contributed by atoms with Crippen LogP contribution in [0.1, 0.15) is 21.5 Å². The Kier molecular flexibility index (Phi) is 6.43. The maximum atomic E-state index is 12.2. The lowest BCUT2D eigenvalue weighted by Gasteiger charge is -2.16. The van der Waals surface area contributed by atoms with Gasteiger partial charge in [-0.05, 0) is 29.8 Å². The summed E-state index contributed by atoms with van der Waals surface area (Å²) in [5.41, 5.74) is 1.66. The molecule has 2 rings (SSSR count). The van der Waals surface area contributed by atoms with Gasteiger partial charge in [-0.15, -0.1) is 0 Å². The molecule has 0 atom stereocenters. The van der Waals surface area contributed by atoms with E-state index >= 15 is 0 Å². The van der Waals surface area contributed by atoms with E-state index in [2.05, 4.69) is 5.32 Å². The zero-order valence-electron chi connectivity index (χ0n) is 14.9. The minimum atomic E-state index is -0.999. The lowest BCUT2D eigenvalue weighted by atomic mass is 10.1. The van der Waals surface area contributed by atoms with Gasteiger partial charge in [0, 0.05) is 12.1 Å². The molecule has 0 unspecified atom stereocenters. The molecule has 2 N–H and O–H groups in total. The van der Waals surface area contributed by atoms with Crippen molar-refractivity contribution >= 4 is 11.9 Å². The fraction of sp³-hybridized carbons (Fsp3) is 0.263. The lowest BCUT2D eigenvalue weighted by molar-refractivity contribution is -0.120. The highest BCUT2D eigenvalue weighted by atomic mass is 16.5. The highest BCUT2D eigenvalue weighted by Crippen LogP contribution is 2.39. The molecule has 26 heavy (non-hydrogen) atoms. The average Bonchev–Trinajstić information content (AvgIpc) is 2.65. The van der Waals surface area contributed by atoms with Crippen molar-refractivity contribution in [2.45, 2.75) is 13.0 Å². The first-order valence-corrected chi connectivity index (χ1v) is 7.87. The van der Waals surface area contributed by atoms with Crippen molar-refractivity contribution in [3.05, 3.63) is 53.1 Å². The Morgan fingerprint density at radius 1 is 0.923 bits per heavy atom. The van der Waals surface area contributed by atoms with Crippen molar-refractivity contribution in [1.29, 1.82) is 0 Å². The van der Waals surface area contributed by atoms with Crippen LogP contribution in [-0.4, -0.2) is 38.3 Å². The minimum absolute atomic E-state index is 0.148. The van der Waals surface area contributed by atoms with Crippen LogP contribution in [0.15, 0.2) is 36.4 Å². The van der Waals surface area contributed by atoms with Gasteiger partial charge in [0.25, 0.3) is 0 Å². The van der Waals surface area contributed by atoms with Crippen LogP contribution in [0.3, 0.4) is 0 Å². The molecule has 0 aliphatic carbocycles. The predicted octanol–water partition coefficient (Wildman–Crippen LogP) is 2.27. The van der Waals surface area contributed by atoms with E-state index in [-0.39, 0.29) is 24.4 Å². The second kappa shape index (κ2) is 8.75. The topological polar surface area (TPSA) is 94.1 Å². The molecule has 0 radical (unpaired) electrons. The van der Waals surface area contributed by atoms with Gasteiger partial charge in [-0.3, -0.25) is 4.79 Å². The molecule has 2 aromatic rings. The zero-order valence-corrected chi connectivity index (χ0v) is 14.9. The summed E-state index contributed by atoms with van der Waals surface area (Å²) >= 11 is 0. The number of hydrogen-bond acceptors (Lipinski definition) is 5. The Morgan fingerprint density at radius 3 is 2.12 bits per heavy atom. The number of carbonyl (C=O) groups excluding carboxylic acids is 1. The normalized spacial score (nSPS) is 10.1. The molecule has 0 spiro atoms. The molecule has 0 bridgehead atoms. The van der Waals surface area contributed by atoms with E-state index in [1.807, 2.05) is 0 Å². The van der Waals surface area contributed by atoms with E-state index in [1.54, 1.807) is 24.3 Å². The number of carboxylic acids is 1. The molecule has 0 saturated heterocycles. The van der Waals surface area contributed by atoms with E-state index in [9.17, 15) is 9.59 Å². The Hall–Kier alpha value is -3.22. The summed E-state index contributed by atoms with van der Waals surface area (Å²) in [6.07, 6.45) is 0.148. The molecule has 0 aliphatic rings. The maximum absolute atomic E-state index is 12.2. The van der Waals surface area contributed by atoms with Crippen LogP contribution in [0.2, 0.25) is 0 Å². The van der Waals surface area contributed by atoms with Gasteiger partial charge in [0.2, 0.25) is 11.7 Å². The number of hydrogen-bond donors (Lipinski definition) is 2. The molecule has 2 aromatic carbocycles. The number of rotatable bonds is 8. The molecule has 7 nitrogen and oxygen atoms in total. The van der Waals surface area contributed by atoms with Crippen molar-refractivity contribution < 1.29 is 28.9 Å². The van der Waals surface area contributed by atoms with Gasteiger partial charge in [-0.25, -0.2) is 4.79 Å². The summed E-state index contributed by atoms with van der Waals surface area (Å²) in [5.74, 6) is 0.313. The Morgan fingerprint density at radius 2 is 1.58 bits per heavy atom. The molecule has 0 fully saturated rings. The minimum Gasteiger partial charge on any atom is -0.493 e. The number of ether oxygens (including phenoxy) is 3. The molecule has 7 heteroatoms. The lowest BCUT2D eigenvalue weighted by Crippen LogP contribution is -2.24. The van der Waals surface area contributed by atoms with Crippen molar-refractivity contribution in [3.8, 4) is 17.2 Å². The number of methoxy groups -OCH3 is 3. The highest BCUT2D eigenvalue weighted by Gasteiger charge is 2.16. The SMILES string of the molecule is COc1ccc(CNC(=O)Cc2ccc(C(=O)O)cc2)c(OC)c1OC. The molecule has 0 saturated carbocycles. The predicted molar refractivity (Wildman–Crippen MR) is 95.1 cm³/mol. The molecule has 1 amide bonds. The van der Waals surface area contributed by atoms with Crippen LogP contribution in [0, 0.1) is 0 Å². The third-order valence-electron chi connectivity index (χ3n) is 3.83. The molecule has 138 valence electrons. The van der Waals surface area contributed by atoms with E-state index in [0.29, 0.717) is 17.2 Å². The van der Waals surface area contributed by atoms with Crippen LogP contribution in [0.4, 0.5) is 0 Å². The first-order valence-electron chi connectivity index (χ1n) is 7.87. The van der Waals surface area contributed by atoms with Crippen molar-refractivity contribution in [2.24, 2.45) is 0 Å². The van der Waals surface area contributed by atoms with Gasteiger partial charge in [0.05, 0.1) is 33.3 Å². The van der Waals surface area contributed by atoms with Crippen LogP contribution in [0.25, 0.3) is 0 Å². The molecule has 0 heterocycles. The number of carbonyl (C=O) groups is 2. The quantitative estimate of drug-likeness (QED) is 0.751. The van der Waals surface area contributed by atoms with Gasteiger partial charge in [-0.2, -0.15) is 0 Å². The third kappa shape index (κ3) is 4.44. The summed E-state index contributed by atoms with van der Waals surface area (Å²) in [5, 5.41) is 11.7. The van der Waals surface area contributed by atoms with E-state index in [1.165, 1.54) is 33.5 Å². The molecular weight excluding hydrogens is 338 g/mol. The first-order chi connectivity index (χ1) is 12.5. The van der Waals surface area contributed by atoms with Gasteiger partial charge in [0.15, 0.2) is 11.5 Å². The third-order valence-corrected chi connectivity index (χ3v) is 3.83. The second-order valence-corrected chi connectivity index (χ2v) is 5.45. The summed E-state index contributed by atoms with van der Waals surface area (Å²) in [4.78, 5) is 23.0. The van der Waals surface area contributed by atoms with E-state index < -0.39 is 5.97 Å². The van der Waals surface area contributed by atoms with E-state index in [4.69, 9.17) is 19.3 Å². The zero-order chi connectivity index (χ0) is 19.1. The molecule has 0 aliphatic heterocycles. The number of aromatic carboxylic acids is 1. The Balaban J connectivity index is 2.04. The molecular formula is C19H21NO6. The summed E-state index contributed by atoms with van der Waals surface area (Å²) < 4.78 is 15.9. The Bertz CT molecular complexity index is 785. The fourth-order valence-corrected chi connectivity index (χ4v) is 2.51. The van der Waals surface area contributed by atoms with Crippen LogP contribution in [0.5, 0.6) is 17.2 Å². The van der Waals surface area contributed by atoms with Crippen LogP contribution >= 0.6 is 0 Å². The fourth-order valence-electron chi connectivity index (χ4n) is 2.51. The number of carboxylic acid groups (broad SMARTS) is 1. The summed E-state index contributed by atoms with van der Waals surface area (Å²) in [6.45, 7) is 0.259.